The fraction of sp³-hybridized carbons (Fsp3) is 0.625. The Bertz CT molecular complexity index is 763. The number of likely N-dealkylation sites (tertiary alicyclic amines) is 1. The minimum Gasteiger partial charge on any atom is -0.375 e. The molecular formula is C24H33F3N2O2. The zero-order chi connectivity index (χ0) is 22.5. The maximum atomic E-state index is 13.9. The molecule has 172 valence electrons. The van der Waals surface area contributed by atoms with Gasteiger partial charge in [-0.25, -0.2) is 13.2 Å². The van der Waals surface area contributed by atoms with E-state index in [0.29, 0.717) is 5.56 Å². The highest BCUT2D eigenvalue weighted by Gasteiger charge is 2.53. The van der Waals surface area contributed by atoms with Gasteiger partial charge in [-0.05, 0) is 43.7 Å². The molecule has 1 aliphatic heterocycles. The van der Waals surface area contributed by atoms with Gasteiger partial charge >= 0.3 is 0 Å². The number of amides is 1. The summed E-state index contributed by atoms with van der Waals surface area (Å²) in [6.45, 7) is 3.77. The fourth-order valence-electron chi connectivity index (χ4n) is 4.70. The van der Waals surface area contributed by atoms with E-state index in [1.807, 2.05) is 6.08 Å². The molecule has 2 N–H and O–H groups in total. The second-order valence-corrected chi connectivity index (χ2v) is 8.99. The van der Waals surface area contributed by atoms with Gasteiger partial charge < -0.3 is 15.3 Å². The van der Waals surface area contributed by atoms with Gasteiger partial charge in [0.25, 0.3) is 5.91 Å². The highest BCUT2D eigenvalue weighted by molar-refractivity contribution is 5.87. The number of hydrogen-bond acceptors (Lipinski definition) is 3. The second kappa shape index (κ2) is 10.2. The van der Waals surface area contributed by atoms with Crippen LogP contribution in [0, 0.1) is 5.92 Å². The zero-order valence-corrected chi connectivity index (χ0v) is 18.1. The van der Waals surface area contributed by atoms with E-state index in [0.717, 1.165) is 44.5 Å². The molecule has 0 bridgehead atoms. The summed E-state index contributed by atoms with van der Waals surface area (Å²) < 4.78 is 40.3. The number of carbonyl (C=O) groups is 1. The van der Waals surface area contributed by atoms with Crippen molar-refractivity contribution in [1.29, 1.82) is 0 Å². The van der Waals surface area contributed by atoms with Crippen molar-refractivity contribution >= 4 is 5.91 Å². The van der Waals surface area contributed by atoms with Gasteiger partial charge in [-0.1, -0.05) is 36.4 Å². The summed E-state index contributed by atoms with van der Waals surface area (Å²) in [6.07, 6.45) is 3.45. The van der Waals surface area contributed by atoms with E-state index in [4.69, 9.17) is 0 Å². The van der Waals surface area contributed by atoms with Gasteiger partial charge in [0.15, 0.2) is 5.60 Å². The van der Waals surface area contributed by atoms with Crippen molar-refractivity contribution < 1.29 is 23.1 Å². The van der Waals surface area contributed by atoms with Crippen molar-refractivity contribution in [2.24, 2.45) is 5.92 Å². The first kappa shape index (κ1) is 23.8. The maximum Gasteiger partial charge on any atom is 0.257 e. The minimum absolute atomic E-state index is 0.107. The number of aliphatic hydroxyl groups is 1. The lowest BCUT2D eigenvalue weighted by atomic mass is 9.79. The summed E-state index contributed by atoms with van der Waals surface area (Å²) in [4.78, 5) is 15.5. The van der Waals surface area contributed by atoms with Crippen LogP contribution in [-0.2, 0) is 10.4 Å². The normalized spacial score (nSPS) is 24.7. The van der Waals surface area contributed by atoms with Crippen molar-refractivity contribution in [2.75, 3.05) is 26.3 Å². The quantitative estimate of drug-likeness (QED) is 0.599. The summed E-state index contributed by atoms with van der Waals surface area (Å²) in [6, 6.07) is 8.34. The number of hydrogen-bond donors (Lipinski definition) is 2. The maximum absolute atomic E-state index is 13.9. The van der Waals surface area contributed by atoms with Crippen molar-refractivity contribution in [3.63, 3.8) is 0 Å². The Hall–Kier alpha value is -1.86. The van der Waals surface area contributed by atoms with Gasteiger partial charge in [0.1, 0.15) is 6.67 Å². The van der Waals surface area contributed by atoms with Crippen LogP contribution in [-0.4, -0.2) is 54.2 Å². The van der Waals surface area contributed by atoms with Gasteiger partial charge in [-0.2, -0.15) is 0 Å². The molecule has 4 nitrogen and oxygen atoms in total. The molecule has 1 saturated carbocycles. The van der Waals surface area contributed by atoms with E-state index in [2.05, 4.69) is 10.2 Å². The van der Waals surface area contributed by atoms with E-state index in [1.165, 1.54) is 0 Å². The number of nitrogens with one attached hydrogen (secondary N) is 1. The number of piperidine rings is 1. The first-order valence-corrected chi connectivity index (χ1v) is 11.2. The van der Waals surface area contributed by atoms with Crippen molar-refractivity contribution in [2.45, 2.75) is 63.0 Å². The van der Waals surface area contributed by atoms with Gasteiger partial charge in [0.2, 0.25) is 5.92 Å². The van der Waals surface area contributed by atoms with Crippen LogP contribution in [0.4, 0.5) is 13.2 Å². The molecule has 0 aromatic heterocycles. The molecule has 1 aromatic carbocycles. The summed E-state index contributed by atoms with van der Waals surface area (Å²) in [5.41, 5.74) is -0.866. The van der Waals surface area contributed by atoms with E-state index >= 15 is 0 Å². The molecule has 1 saturated heterocycles. The number of allylic oxidation sites excluding steroid dienone is 1. The third-order valence-electron chi connectivity index (χ3n) is 6.63. The fourth-order valence-corrected chi connectivity index (χ4v) is 4.70. The zero-order valence-electron chi connectivity index (χ0n) is 18.1. The molecule has 1 heterocycles. The lowest BCUT2D eigenvalue weighted by Crippen LogP contribution is -2.54. The number of alkyl halides is 3. The second-order valence-electron chi connectivity index (χ2n) is 8.99. The SMILES string of the molecule is C/C(=C\CCN1CCC(NC(=O)[C@](O)(c2ccccc2)[C@@H]2CCC(F)(F)C2)CC1)CF. The smallest absolute Gasteiger partial charge is 0.257 e. The third-order valence-corrected chi connectivity index (χ3v) is 6.63. The number of halogens is 3. The molecular weight excluding hydrogens is 405 g/mol. The molecule has 7 heteroatoms. The van der Waals surface area contributed by atoms with Crippen molar-refractivity contribution in [3.8, 4) is 0 Å². The largest absolute Gasteiger partial charge is 0.375 e. The van der Waals surface area contributed by atoms with Crippen LogP contribution in [0.15, 0.2) is 42.0 Å². The monoisotopic (exact) mass is 438 g/mol. The van der Waals surface area contributed by atoms with Crippen molar-refractivity contribution in [1.82, 2.24) is 10.2 Å². The average molecular weight is 439 g/mol. The summed E-state index contributed by atoms with van der Waals surface area (Å²) in [5, 5.41) is 14.4. The lowest BCUT2D eigenvalue weighted by Gasteiger charge is -2.37. The highest BCUT2D eigenvalue weighted by atomic mass is 19.3. The predicted octanol–water partition coefficient (Wildman–Crippen LogP) is 4.20. The highest BCUT2D eigenvalue weighted by Crippen LogP contribution is 2.47. The first-order chi connectivity index (χ1) is 14.7. The third kappa shape index (κ3) is 5.89. The summed E-state index contributed by atoms with van der Waals surface area (Å²) in [5.74, 6) is -4.26. The van der Waals surface area contributed by atoms with Crippen LogP contribution in [0.1, 0.15) is 51.0 Å². The van der Waals surface area contributed by atoms with Gasteiger partial charge in [0, 0.05) is 44.4 Å². The molecule has 31 heavy (non-hydrogen) atoms. The summed E-state index contributed by atoms with van der Waals surface area (Å²) in [7, 11) is 0. The molecule has 1 aromatic rings. The standard InChI is InChI=1S/C24H33F3N2O2/c1-18(17-25)6-5-13-29-14-10-21(11-15-29)28-22(30)24(31,19-7-3-2-4-8-19)20-9-12-23(26,27)16-20/h2-4,6-8,20-21,31H,5,9-17H2,1H3,(H,28,30)/b18-6+/t20-,24+/m1/s1. The molecule has 2 fully saturated rings. The first-order valence-electron chi connectivity index (χ1n) is 11.2. The van der Waals surface area contributed by atoms with Crippen LogP contribution in [0.5, 0.6) is 0 Å². The van der Waals surface area contributed by atoms with Crippen molar-refractivity contribution in [3.05, 3.63) is 47.5 Å². The van der Waals surface area contributed by atoms with Gasteiger partial charge in [0.05, 0.1) is 0 Å². The molecule has 1 aliphatic carbocycles. The van der Waals surface area contributed by atoms with E-state index in [1.54, 1.807) is 37.3 Å². The van der Waals surface area contributed by atoms with Crippen LogP contribution in [0.3, 0.4) is 0 Å². The van der Waals surface area contributed by atoms with Crippen LogP contribution in [0.25, 0.3) is 0 Å². The van der Waals surface area contributed by atoms with E-state index in [-0.39, 0.29) is 18.9 Å². The predicted molar refractivity (Wildman–Crippen MR) is 115 cm³/mol. The molecule has 1 amide bonds. The van der Waals surface area contributed by atoms with E-state index in [9.17, 15) is 23.1 Å². The number of benzene rings is 1. The topological polar surface area (TPSA) is 52.6 Å². The lowest BCUT2D eigenvalue weighted by molar-refractivity contribution is -0.149. The van der Waals surface area contributed by atoms with E-state index < -0.39 is 36.4 Å². The molecule has 0 radical (unpaired) electrons. The Morgan fingerprint density at radius 2 is 1.94 bits per heavy atom. The Balaban J connectivity index is 1.62. The van der Waals surface area contributed by atoms with Gasteiger partial charge in [-0.3, -0.25) is 4.79 Å². The molecule has 2 atom stereocenters. The van der Waals surface area contributed by atoms with Crippen LogP contribution >= 0.6 is 0 Å². The molecule has 2 aliphatic rings. The Kier molecular flexibility index (Phi) is 7.81. The summed E-state index contributed by atoms with van der Waals surface area (Å²) >= 11 is 0. The Morgan fingerprint density at radius 1 is 1.26 bits per heavy atom. The average Bonchev–Trinajstić information content (AvgIpc) is 3.14. The molecule has 0 spiro atoms. The molecule has 3 rings (SSSR count). The number of carbonyl (C=O) groups excluding carboxylic acids is 1. The van der Waals surface area contributed by atoms with Crippen LogP contribution < -0.4 is 5.32 Å². The van der Waals surface area contributed by atoms with Crippen LogP contribution in [0.2, 0.25) is 0 Å². The Morgan fingerprint density at radius 3 is 2.52 bits per heavy atom. The number of rotatable bonds is 8. The minimum atomic E-state index is -2.85. The Labute approximate surface area is 182 Å². The van der Waals surface area contributed by atoms with Gasteiger partial charge in [-0.15, -0.1) is 0 Å². The molecule has 0 unspecified atom stereocenters. The number of nitrogens with zero attached hydrogens (tertiary/aromatic N) is 1.